The molecule has 1 aromatic carbocycles. The number of ketones is 1. The Kier molecular flexibility index (Phi) is 4.94. The van der Waals surface area contributed by atoms with E-state index in [1.807, 2.05) is 13.0 Å². The summed E-state index contributed by atoms with van der Waals surface area (Å²) in [7, 11) is 0. The van der Waals surface area contributed by atoms with Crippen LogP contribution in [0.1, 0.15) is 36.5 Å². The normalized spacial score (nSPS) is 23.9. The van der Waals surface area contributed by atoms with E-state index in [0.29, 0.717) is 24.9 Å². The summed E-state index contributed by atoms with van der Waals surface area (Å²) in [6, 6.07) is 7.73. The van der Waals surface area contributed by atoms with Gasteiger partial charge in [0.25, 0.3) is 5.91 Å². The van der Waals surface area contributed by atoms with Gasteiger partial charge in [0.05, 0.1) is 6.10 Å². The lowest BCUT2D eigenvalue weighted by molar-refractivity contribution is -0.138. The monoisotopic (exact) mass is 330 g/mol. The summed E-state index contributed by atoms with van der Waals surface area (Å²) in [6.45, 7) is 2.54. The second kappa shape index (κ2) is 7.13. The number of rotatable bonds is 5. The maximum atomic E-state index is 12.9. The topological polar surface area (TPSA) is 75.7 Å². The number of nitrogens with one attached hydrogen (secondary N) is 1. The van der Waals surface area contributed by atoms with Crippen LogP contribution in [0, 0.1) is 0 Å². The number of nitrogens with zero attached hydrogens (tertiary/aromatic N) is 1. The summed E-state index contributed by atoms with van der Waals surface area (Å²) >= 11 is 0. The average Bonchev–Trinajstić information content (AvgIpc) is 3.18. The van der Waals surface area contributed by atoms with Gasteiger partial charge in [-0.2, -0.15) is 0 Å². The third-order valence-electron chi connectivity index (χ3n) is 4.61. The molecule has 128 valence electrons. The van der Waals surface area contributed by atoms with E-state index in [2.05, 4.69) is 5.32 Å². The highest BCUT2D eigenvalue weighted by Gasteiger charge is 2.47. The third-order valence-corrected chi connectivity index (χ3v) is 4.61. The number of carbonyl (C=O) groups excluding carboxylic acids is 3. The zero-order valence-electron chi connectivity index (χ0n) is 13.7. The molecule has 0 aliphatic carbocycles. The predicted molar refractivity (Wildman–Crippen MR) is 87.5 cm³/mol. The van der Waals surface area contributed by atoms with Gasteiger partial charge in [-0.3, -0.25) is 14.4 Å². The Labute approximate surface area is 141 Å². The number of benzene rings is 1. The van der Waals surface area contributed by atoms with Gasteiger partial charge in [-0.1, -0.05) is 31.5 Å². The van der Waals surface area contributed by atoms with E-state index in [1.54, 1.807) is 29.2 Å². The number of likely N-dealkylation sites (tertiary alicyclic amines) is 1. The summed E-state index contributed by atoms with van der Waals surface area (Å²) in [5, 5.41) is 2.82. The fraction of sp³-hybridized carbons (Fsp3) is 0.500. The Balaban J connectivity index is 1.72. The lowest BCUT2D eigenvalue weighted by atomic mass is 10.1. The van der Waals surface area contributed by atoms with Gasteiger partial charge in [0.2, 0.25) is 5.91 Å². The van der Waals surface area contributed by atoms with E-state index in [-0.39, 0.29) is 30.3 Å². The Bertz CT molecular complexity index is 631. The highest BCUT2D eigenvalue weighted by Crippen LogP contribution is 2.27. The number of ether oxygens (including phenoxy) is 1. The van der Waals surface area contributed by atoms with Gasteiger partial charge >= 0.3 is 0 Å². The molecule has 2 aliphatic rings. The second-order valence-corrected chi connectivity index (χ2v) is 6.26. The average molecular weight is 330 g/mol. The molecule has 2 aliphatic heterocycles. The summed E-state index contributed by atoms with van der Waals surface area (Å²) in [5.41, 5.74) is 0.519. The molecule has 6 heteroatoms. The Hall–Kier alpha value is -2.21. The van der Waals surface area contributed by atoms with Crippen molar-refractivity contribution in [2.24, 2.45) is 0 Å². The molecule has 0 saturated carbocycles. The Morgan fingerprint density at radius 2 is 2.08 bits per heavy atom. The fourth-order valence-electron chi connectivity index (χ4n) is 3.42. The molecule has 3 atom stereocenters. The maximum Gasteiger partial charge on any atom is 0.251 e. The Morgan fingerprint density at radius 1 is 1.33 bits per heavy atom. The molecule has 0 radical (unpaired) electrons. The number of fused-ring (bicyclic) bond motifs is 1. The van der Waals surface area contributed by atoms with Crippen molar-refractivity contribution >= 4 is 17.6 Å². The zero-order valence-corrected chi connectivity index (χ0v) is 13.7. The molecule has 0 bridgehead atoms. The van der Waals surface area contributed by atoms with E-state index in [4.69, 9.17) is 4.74 Å². The molecule has 3 unspecified atom stereocenters. The molecule has 2 fully saturated rings. The first-order valence-electron chi connectivity index (χ1n) is 8.42. The third kappa shape index (κ3) is 3.19. The number of hydrogen-bond donors (Lipinski definition) is 1. The highest BCUT2D eigenvalue weighted by molar-refractivity contribution is 5.99. The van der Waals surface area contributed by atoms with E-state index in [1.165, 1.54) is 0 Å². The van der Waals surface area contributed by atoms with Gasteiger partial charge in [-0.25, -0.2) is 0 Å². The summed E-state index contributed by atoms with van der Waals surface area (Å²) in [4.78, 5) is 38.8. The summed E-state index contributed by atoms with van der Waals surface area (Å²) in [6.07, 6.45) is 1.79. The van der Waals surface area contributed by atoms with Crippen molar-refractivity contribution in [3.8, 4) is 0 Å². The van der Waals surface area contributed by atoms with Gasteiger partial charge in [-0.15, -0.1) is 0 Å². The molecular formula is C18H22N2O4. The molecule has 3 rings (SSSR count). The van der Waals surface area contributed by atoms with Gasteiger partial charge < -0.3 is 15.0 Å². The van der Waals surface area contributed by atoms with Crippen LogP contribution in [0.4, 0.5) is 0 Å². The van der Waals surface area contributed by atoms with Crippen molar-refractivity contribution in [2.75, 3.05) is 13.2 Å². The minimum Gasteiger partial charge on any atom is -0.368 e. The molecular weight excluding hydrogens is 308 g/mol. The molecule has 1 aromatic rings. The number of carbonyl (C=O) groups is 3. The standard InChI is InChI=1S/C18H22N2O4/c1-2-6-13(19-17(22)12-7-4-3-5-8-12)18(23)20-10-9-15-16(20)14(21)11-24-15/h3-5,7-8,13,15-16H,2,6,9-11H2,1H3,(H,19,22). The molecule has 1 N–H and O–H groups in total. The van der Waals surface area contributed by atoms with Crippen molar-refractivity contribution in [3.63, 3.8) is 0 Å². The van der Waals surface area contributed by atoms with Crippen LogP contribution in [-0.2, 0) is 14.3 Å². The molecule has 0 spiro atoms. The highest BCUT2D eigenvalue weighted by atomic mass is 16.5. The minimum absolute atomic E-state index is 0.0458. The Morgan fingerprint density at radius 3 is 2.79 bits per heavy atom. The lowest BCUT2D eigenvalue weighted by Gasteiger charge is -2.27. The van der Waals surface area contributed by atoms with Crippen LogP contribution >= 0.6 is 0 Å². The minimum atomic E-state index is -0.616. The smallest absolute Gasteiger partial charge is 0.251 e. The van der Waals surface area contributed by atoms with E-state index in [0.717, 1.165) is 6.42 Å². The van der Waals surface area contributed by atoms with Crippen LogP contribution in [-0.4, -0.2) is 53.8 Å². The first-order chi connectivity index (χ1) is 11.6. The molecule has 2 heterocycles. The first-order valence-corrected chi connectivity index (χ1v) is 8.42. The predicted octanol–water partition coefficient (Wildman–Crippen LogP) is 1.15. The second-order valence-electron chi connectivity index (χ2n) is 6.26. The molecule has 2 amide bonds. The van der Waals surface area contributed by atoms with Crippen molar-refractivity contribution in [1.29, 1.82) is 0 Å². The summed E-state index contributed by atoms with van der Waals surface area (Å²) < 4.78 is 5.43. The zero-order chi connectivity index (χ0) is 17.1. The van der Waals surface area contributed by atoms with E-state index < -0.39 is 12.1 Å². The quantitative estimate of drug-likeness (QED) is 0.879. The largest absolute Gasteiger partial charge is 0.368 e. The van der Waals surface area contributed by atoms with Gasteiger partial charge in [-0.05, 0) is 25.0 Å². The van der Waals surface area contributed by atoms with Crippen LogP contribution in [0.3, 0.4) is 0 Å². The van der Waals surface area contributed by atoms with Crippen molar-refractivity contribution in [2.45, 2.75) is 44.4 Å². The van der Waals surface area contributed by atoms with Crippen molar-refractivity contribution < 1.29 is 19.1 Å². The van der Waals surface area contributed by atoms with Gasteiger partial charge in [0, 0.05) is 12.1 Å². The SMILES string of the molecule is CCCC(NC(=O)c1ccccc1)C(=O)N1CCC2OCC(=O)C21. The fourth-order valence-corrected chi connectivity index (χ4v) is 3.42. The first kappa shape index (κ1) is 16.6. The number of Topliss-reactive ketones (excluding diaryl/α,β-unsaturated/α-hetero) is 1. The maximum absolute atomic E-state index is 12.9. The molecule has 0 aromatic heterocycles. The number of amides is 2. The van der Waals surface area contributed by atoms with Gasteiger partial charge in [0.15, 0.2) is 5.78 Å². The number of hydrogen-bond acceptors (Lipinski definition) is 4. The van der Waals surface area contributed by atoms with Crippen LogP contribution in [0.25, 0.3) is 0 Å². The van der Waals surface area contributed by atoms with E-state index >= 15 is 0 Å². The molecule has 2 saturated heterocycles. The van der Waals surface area contributed by atoms with Crippen LogP contribution in [0.5, 0.6) is 0 Å². The van der Waals surface area contributed by atoms with Crippen LogP contribution in [0.15, 0.2) is 30.3 Å². The van der Waals surface area contributed by atoms with Crippen molar-refractivity contribution in [1.82, 2.24) is 10.2 Å². The van der Waals surface area contributed by atoms with Crippen LogP contribution < -0.4 is 5.32 Å². The van der Waals surface area contributed by atoms with Crippen LogP contribution in [0.2, 0.25) is 0 Å². The van der Waals surface area contributed by atoms with E-state index in [9.17, 15) is 14.4 Å². The summed E-state index contributed by atoms with van der Waals surface area (Å²) in [5.74, 6) is -0.505. The molecule has 6 nitrogen and oxygen atoms in total. The van der Waals surface area contributed by atoms with Gasteiger partial charge in [0.1, 0.15) is 18.7 Å². The molecule has 24 heavy (non-hydrogen) atoms. The lowest BCUT2D eigenvalue weighted by Crippen LogP contribution is -2.52. The van der Waals surface area contributed by atoms with Crippen molar-refractivity contribution in [3.05, 3.63) is 35.9 Å².